The van der Waals surface area contributed by atoms with Crippen LogP contribution in [0.1, 0.15) is 12.0 Å². The summed E-state index contributed by atoms with van der Waals surface area (Å²) in [5.41, 5.74) is 7.57. The molecule has 0 radical (unpaired) electrons. The summed E-state index contributed by atoms with van der Waals surface area (Å²) < 4.78 is 0. The van der Waals surface area contributed by atoms with Gasteiger partial charge in [0.2, 0.25) is 5.91 Å². The van der Waals surface area contributed by atoms with Crippen LogP contribution in [0.25, 0.3) is 0 Å². The minimum atomic E-state index is 0.113. The van der Waals surface area contributed by atoms with Crippen LogP contribution in [0.2, 0.25) is 0 Å². The van der Waals surface area contributed by atoms with Crippen molar-refractivity contribution in [3.8, 4) is 0 Å². The molecule has 1 aliphatic heterocycles. The highest BCUT2D eigenvalue weighted by Gasteiger charge is 2.31. The maximum absolute atomic E-state index is 11.9. The first-order chi connectivity index (χ1) is 7.63. The number of anilines is 2. The second kappa shape index (κ2) is 4.33. The predicted molar refractivity (Wildman–Crippen MR) is 67.7 cm³/mol. The fourth-order valence-electron chi connectivity index (χ4n) is 2.04. The number of carbonyl (C=O) groups excluding carboxylic acids is 1. The molecule has 1 amide bonds. The fraction of sp³-hybridized carbons (Fsp3) is 0.455. The Hall–Kier alpha value is -1.23. The summed E-state index contributed by atoms with van der Waals surface area (Å²) in [5, 5.41) is 0. The van der Waals surface area contributed by atoms with Crippen molar-refractivity contribution in [1.82, 2.24) is 4.98 Å². The second-order valence-corrected chi connectivity index (χ2v) is 4.48. The Kier molecular flexibility index (Phi) is 3.05. The summed E-state index contributed by atoms with van der Waals surface area (Å²) >= 11 is 4.24. The quantitative estimate of drug-likeness (QED) is 0.761. The molecule has 1 saturated heterocycles. The first kappa shape index (κ1) is 11.3. The lowest BCUT2D eigenvalue weighted by molar-refractivity contribution is -0.117. The smallest absolute Gasteiger partial charge is 0.227 e. The highest BCUT2D eigenvalue weighted by molar-refractivity contribution is 7.80. The van der Waals surface area contributed by atoms with Gasteiger partial charge in [0, 0.05) is 19.2 Å². The standard InChI is InChI=1S/C11H15N3OS/c1-7-2-3-13-11(12)10(7)14-5-8(6-16)4-9(14)15/h2-3,8,16H,4-6H2,1H3,(H2,12,13). The summed E-state index contributed by atoms with van der Waals surface area (Å²) in [4.78, 5) is 17.6. The number of nitrogens with zero attached hydrogens (tertiary/aromatic N) is 2. The number of carbonyl (C=O) groups is 1. The van der Waals surface area contributed by atoms with E-state index < -0.39 is 0 Å². The van der Waals surface area contributed by atoms with Crippen LogP contribution in [-0.2, 0) is 4.79 Å². The molecule has 16 heavy (non-hydrogen) atoms. The number of hydrogen-bond acceptors (Lipinski definition) is 4. The lowest BCUT2D eigenvalue weighted by Crippen LogP contribution is -2.26. The van der Waals surface area contributed by atoms with Crippen molar-refractivity contribution in [3.63, 3.8) is 0 Å². The van der Waals surface area contributed by atoms with E-state index in [0.717, 1.165) is 17.0 Å². The molecular formula is C11H15N3OS. The van der Waals surface area contributed by atoms with Crippen LogP contribution >= 0.6 is 12.6 Å². The van der Waals surface area contributed by atoms with Gasteiger partial charge in [-0.2, -0.15) is 12.6 Å². The zero-order valence-electron chi connectivity index (χ0n) is 9.18. The van der Waals surface area contributed by atoms with Crippen LogP contribution < -0.4 is 10.6 Å². The molecule has 0 saturated carbocycles. The molecule has 86 valence electrons. The van der Waals surface area contributed by atoms with E-state index >= 15 is 0 Å². The van der Waals surface area contributed by atoms with E-state index in [-0.39, 0.29) is 5.91 Å². The zero-order valence-corrected chi connectivity index (χ0v) is 10.1. The summed E-state index contributed by atoms with van der Waals surface area (Å²) in [6.07, 6.45) is 2.21. The summed E-state index contributed by atoms with van der Waals surface area (Å²) in [5.74, 6) is 1.58. The highest BCUT2D eigenvalue weighted by atomic mass is 32.1. The first-order valence-electron chi connectivity index (χ1n) is 5.25. The molecule has 0 bridgehead atoms. The van der Waals surface area contributed by atoms with Crippen LogP contribution in [0.15, 0.2) is 12.3 Å². The Bertz CT molecular complexity index is 401. The monoisotopic (exact) mass is 237 g/mol. The number of nitrogen functional groups attached to an aromatic ring is 1. The Morgan fingerprint density at radius 2 is 2.44 bits per heavy atom. The number of pyridine rings is 1. The van der Waals surface area contributed by atoms with E-state index in [1.165, 1.54) is 0 Å². The third kappa shape index (κ3) is 1.87. The van der Waals surface area contributed by atoms with Crippen molar-refractivity contribution in [2.45, 2.75) is 13.3 Å². The van der Waals surface area contributed by atoms with Crippen molar-refractivity contribution < 1.29 is 4.79 Å². The van der Waals surface area contributed by atoms with Gasteiger partial charge in [-0.3, -0.25) is 4.79 Å². The molecule has 0 spiro atoms. The fourth-order valence-corrected chi connectivity index (χ4v) is 2.29. The summed E-state index contributed by atoms with van der Waals surface area (Å²) in [7, 11) is 0. The Balaban J connectivity index is 2.35. The normalized spacial score (nSPS) is 20.5. The molecule has 1 aromatic rings. The molecule has 1 aromatic heterocycles. The van der Waals surface area contributed by atoms with Gasteiger partial charge in [-0.1, -0.05) is 0 Å². The van der Waals surface area contributed by atoms with E-state index in [9.17, 15) is 4.79 Å². The Morgan fingerprint density at radius 3 is 3.00 bits per heavy atom. The third-order valence-corrected chi connectivity index (χ3v) is 3.40. The molecule has 2 heterocycles. The van der Waals surface area contributed by atoms with E-state index in [2.05, 4.69) is 17.6 Å². The SMILES string of the molecule is Cc1ccnc(N)c1N1CC(CS)CC1=O. The van der Waals surface area contributed by atoms with Crippen LogP contribution in [0, 0.1) is 12.8 Å². The van der Waals surface area contributed by atoms with Gasteiger partial charge in [0.05, 0.1) is 5.69 Å². The lowest BCUT2D eigenvalue weighted by Gasteiger charge is -2.20. The van der Waals surface area contributed by atoms with Crippen LogP contribution in [0.5, 0.6) is 0 Å². The maximum Gasteiger partial charge on any atom is 0.227 e. The Morgan fingerprint density at radius 1 is 1.69 bits per heavy atom. The van der Waals surface area contributed by atoms with Gasteiger partial charge in [0.1, 0.15) is 5.82 Å². The van der Waals surface area contributed by atoms with Crippen LogP contribution in [0.3, 0.4) is 0 Å². The highest BCUT2D eigenvalue weighted by Crippen LogP contribution is 2.31. The molecule has 1 aliphatic rings. The molecule has 2 N–H and O–H groups in total. The predicted octanol–water partition coefficient (Wildman–Crippen LogP) is 1.25. The number of thiol groups is 1. The van der Waals surface area contributed by atoms with E-state index in [4.69, 9.17) is 5.73 Å². The number of nitrogens with two attached hydrogens (primary N) is 1. The van der Waals surface area contributed by atoms with Gasteiger partial charge >= 0.3 is 0 Å². The summed E-state index contributed by atoms with van der Waals surface area (Å²) in [6.45, 7) is 2.63. The maximum atomic E-state index is 11.9. The molecule has 0 aromatic carbocycles. The topological polar surface area (TPSA) is 59.2 Å². The number of rotatable bonds is 2. The second-order valence-electron chi connectivity index (χ2n) is 4.12. The minimum Gasteiger partial charge on any atom is -0.382 e. The van der Waals surface area contributed by atoms with Crippen molar-refractivity contribution in [1.29, 1.82) is 0 Å². The molecule has 1 fully saturated rings. The average Bonchev–Trinajstić information content (AvgIpc) is 2.60. The molecule has 4 nitrogen and oxygen atoms in total. The van der Waals surface area contributed by atoms with Crippen molar-refractivity contribution in [2.24, 2.45) is 5.92 Å². The van der Waals surface area contributed by atoms with Crippen molar-refractivity contribution in [3.05, 3.63) is 17.8 Å². The van der Waals surface area contributed by atoms with Crippen molar-refractivity contribution >= 4 is 30.0 Å². The molecule has 1 unspecified atom stereocenters. The van der Waals surface area contributed by atoms with Gasteiger partial charge in [0.15, 0.2) is 0 Å². The van der Waals surface area contributed by atoms with Crippen LogP contribution in [-0.4, -0.2) is 23.2 Å². The van der Waals surface area contributed by atoms with E-state index in [1.807, 2.05) is 13.0 Å². The Labute approximate surface area is 100 Å². The molecule has 2 rings (SSSR count). The lowest BCUT2D eigenvalue weighted by atomic mass is 10.1. The van der Waals surface area contributed by atoms with Gasteiger partial charge in [-0.05, 0) is 30.2 Å². The van der Waals surface area contributed by atoms with Gasteiger partial charge in [0.25, 0.3) is 0 Å². The van der Waals surface area contributed by atoms with E-state index in [1.54, 1.807) is 11.1 Å². The zero-order chi connectivity index (χ0) is 11.7. The summed E-state index contributed by atoms with van der Waals surface area (Å²) in [6, 6.07) is 1.87. The molecular weight excluding hydrogens is 222 g/mol. The minimum absolute atomic E-state index is 0.113. The first-order valence-corrected chi connectivity index (χ1v) is 5.89. The molecule has 0 aliphatic carbocycles. The van der Waals surface area contributed by atoms with Crippen molar-refractivity contribution in [2.75, 3.05) is 22.9 Å². The van der Waals surface area contributed by atoms with E-state index in [0.29, 0.717) is 24.7 Å². The number of aromatic nitrogens is 1. The third-order valence-electron chi connectivity index (χ3n) is 2.89. The number of hydrogen-bond donors (Lipinski definition) is 2. The van der Waals surface area contributed by atoms with Gasteiger partial charge < -0.3 is 10.6 Å². The molecule has 5 heteroatoms. The number of aryl methyl sites for hydroxylation is 1. The average molecular weight is 237 g/mol. The number of amides is 1. The van der Waals surface area contributed by atoms with Gasteiger partial charge in [-0.15, -0.1) is 0 Å². The largest absolute Gasteiger partial charge is 0.382 e. The van der Waals surface area contributed by atoms with Gasteiger partial charge in [-0.25, -0.2) is 4.98 Å². The molecule has 1 atom stereocenters. The van der Waals surface area contributed by atoms with Crippen LogP contribution in [0.4, 0.5) is 11.5 Å².